The Bertz CT molecular complexity index is 395. The maximum atomic E-state index is 11.9. The van der Waals surface area contributed by atoms with Crippen molar-refractivity contribution in [3.63, 3.8) is 0 Å². The summed E-state index contributed by atoms with van der Waals surface area (Å²) in [5, 5.41) is 7.43. The average Bonchev–Trinajstić information content (AvgIpc) is 2.86. The lowest BCUT2D eigenvalue weighted by Crippen LogP contribution is -2.37. The second-order valence-corrected chi connectivity index (χ2v) is 5.91. The molecule has 2 rings (SSSR count). The zero-order chi connectivity index (χ0) is 12.8. The minimum Gasteiger partial charge on any atom is -0.351 e. The Morgan fingerprint density at radius 1 is 1.55 bits per heavy atom. The summed E-state index contributed by atoms with van der Waals surface area (Å²) < 4.78 is 0. The first kappa shape index (κ1) is 19.6. The summed E-state index contributed by atoms with van der Waals surface area (Å²) >= 11 is 1.51. The van der Waals surface area contributed by atoms with Crippen LogP contribution in [0, 0.1) is 5.92 Å². The lowest BCUT2D eigenvalue weighted by molar-refractivity contribution is 0.0948. The molecule has 1 aliphatic heterocycles. The average molecular weight is 340 g/mol. The number of thiazole rings is 1. The Balaban J connectivity index is 0.00000180. The first-order valence-electron chi connectivity index (χ1n) is 6.73. The molecule has 1 aromatic rings. The van der Waals surface area contributed by atoms with Crippen LogP contribution in [0.4, 0.5) is 0 Å². The molecule has 2 heterocycles. The first-order chi connectivity index (χ1) is 8.79. The first-order valence-corrected chi connectivity index (χ1v) is 7.55. The number of amides is 1. The molecule has 20 heavy (non-hydrogen) atoms. The van der Waals surface area contributed by atoms with Gasteiger partial charge in [-0.3, -0.25) is 4.79 Å². The van der Waals surface area contributed by atoms with Gasteiger partial charge in [0, 0.05) is 6.54 Å². The van der Waals surface area contributed by atoms with E-state index >= 15 is 0 Å². The van der Waals surface area contributed by atoms with Crippen molar-refractivity contribution in [1.29, 1.82) is 0 Å². The zero-order valence-electron chi connectivity index (χ0n) is 11.7. The molecule has 116 valence electrons. The number of hydrogen-bond donors (Lipinski definition) is 2. The molecule has 0 aliphatic carbocycles. The highest BCUT2D eigenvalue weighted by Gasteiger charge is 2.15. The molecular weight excluding hydrogens is 317 g/mol. The van der Waals surface area contributed by atoms with E-state index in [0.29, 0.717) is 5.92 Å². The number of carbonyl (C=O) groups excluding carboxylic acids is 1. The minimum atomic E-state index is 0. The Labute approximate surface area is 137 Å². The topological polar surface area (TPSA) is 54.0 Å². The molecule has 1 fully saturated rings. The molecule has 0 aromatic carbocycles. The molecule has 1 aromatic heterocycles. The summed E-state index contributed by atoms with van der Waals surface area (Å²) in [7, 11) is 0. The van der Waals surface area contributed by atoms with E-state index in [9.17, 15) is 4.79 Å². The van der Waals surface area contributed by atoms with Crippen molar-refractivity contribution in [1.82, 2.24) is 15.6 Å². The number of aromatic nitrogens is 1. The molecule has 0 radical (unpaired) electrons. The van der Waals surface area contributed by atoms with Crippen molar-refractivity contribution < 1.29 is 4.79 Å². The molecule has 7 heteroatoms. The Kier molecular flexibility index (Phi) is 10.2. The van der Waals surface area contributed by atoms with Gasteiger partial charge in [0.1, 0.15) is 4.88 Å². The molecule has 4 nitrogen and oxygen atoms in total. The fourth-order valence-corrected chi connectivity index (χ4v) is 3.10. The van der Waals surface area contributed by atoms with Crippen molar-refractivity contribution in [2.24, 2.45) is 5.92 Å². The maximum absolute atomic E-state index is 11.9. The smallest absolute Gasteiger partial charge is 0.263 e. The molecular formula is C13H23Cl2N3OS. The van der Waals surface area contributed by atoms with Gasteiger partial charge >= 0.3 is 0 Å². The van der Waals surface area contributed by atoms with Crippen LogP contribution in [-0.4, -0.2) is 30.5 Å². The van der Waals surface area contributed by atoms with Gasteiger partial charge in [-0.25, -0.2) is 4.98 Å². The van der Waals surface area contributed by atoms with Crippen LogP contribution in [0.3, 0.4) is 0 Å². The van der Waals surface area contributed by atoms with Gasteiger partial charge in [0.25, 0.3) is 5.91 Å². The number of rotatable bonds is 5. The van der Waals surface area contributed by atoms with E-state index in [4.69, 9.17) is 0 Å². The number of nitrogens with one attached hydrogen (secondary N) is 2. The van der Waals surface area contributed by atoms with Gasteiger partial charge in [-0.05, 0) is 44.7 Å². The predicted molar refractivity (Wildman–Crippen MR) is 88.5 cm³/mol. The summed E-state index contributed by atoms with van der Waals surface area (Å²) in [5.74, 6) is 0.603. The normalized spacial score (nSPS) is 17.8. The van der Waals surface area contributed by atoms with Gasteiger partial charge in [-0.1, -0.05) is 6.92 Å². The summed E-state index contributed by atoms with van der Waals surface area (Å²) in [6.45, 7) is 5.02. The fourth-order valence-electron chi connectivity index (χ4n) is 2.17. The van der Waals surface area contributed by atoms with Crippen LogP contribution in [0.15, 0.2) is 6.20 Å². The van der Waals surface area contributed by atoms with Crippen molar-refractivity contribution in [3.05, 3.63) is 16.1 Å². The number of carbonyl (C=O) groups is 1. The monoisotopic (exact) mass is 339 g/mol. The molecule has 1 aliphatic rings. The van der Waals surface area contributed by atoms with Crippen LogP contribution in [-0.2, 0) is 6.42 Å². The standard InChI is InChI=1S/C13H21N3OS.2ClH/c1-2-4-12-15-9-11(18-12)13(17)16-8-10-5-3-6-14-7-10;;/h9-10,14H,2-8H2,1H3,(H,16,17);2*1H. The van der Waals surface area contributed by atoms with Crippen molar-refractivity contribution in [3.8, 4) is 0 Å². The molecule has 1 atom stereocenters. The largest absolute Gasteiger partial charge is 0.351 e. The van der Waals surface area contributed by atoms with Crippen LogP contribution in [0.1, 0.15) is 40.9 Å². The van der Waals surface area contributed by atoms with E-state index in [0.717, 1.165) is 42.4 Å². The zero-order valence-corrected chi connectivity index (χ0v) is 14.1. The van der Waals surface area contributed by atoms with Crippen LogP contribution in [0.5, 0.6) is 0 Å². The molecule has 2 N–H and O–H groups in total. The van der Waals surface area contributed by atoms with E-state index in [1.54, 1.807) is 6.20 Å². The van der Waals surface area contributed by atoms with Gasteiger partial charge < -0.3 is 10.6 Å². The number of piperidine rings is 1. The van der Waals surface area contributed by atoms with E-state index in [1.165, 1.54) is 24.2 Å². The molecule has 1 unspecified atom stereocenters. The van der Waals surface area contributed by atoms with Crippen LogP contribution >= 0.6 is 36.2 Å². The predicted octanol–water partition coefficient (Wildman–Crippen LogP) is 2.67. The lowest BCUT2D eigenvalue weighted by atomic mass is 10.00. The summed E-state index contributed by atoms with van der Waals surface area (Å²) in [4.78, 5) is 16.9. The van der Waals surface area contributed by atoms with E-state index in [1.807, 2.05) is 0 Å². The third kappa shape index (κ3) is 5.95. The van der Waals surface area contributed by atoms with E-state index < -0.39 is 0 Å². The van der Waals surface area contributed by atoms with Crippen molar-refractivity contribution >= 4 is 42.1 Å². The molecule has 1 amide bonds. The maximum Gasteiger partial charge on any atom is 0.263 e. The molecule has 0 saturated carbocycles. The summed E-state index contributed by atoms with van der Waals surface area (Å²) in [6, 6.07) is 0. The quantitative estimate of drug-likeness (QED) is 0.866. The van der Waals surface area contributed by atoms with Gasteiger partial charge in [0.05, 0.1) is 11.2 Å². The molecule has 0 spiro atoms. The SMILES string of the molecule is CCCc1ncc(C(=O)NCC2CCCNC2)s1.Cl.Cl. The van der Waals surface area contributed by atoms with E-state index in [2.05, 4.69) is 22.5 Å². The Morgan fingerprint density at radius 2 is 2.35 bits per heavy atom. The van der Waals surface area contributed by atoms with E-state index in [-0.39, 0.29) is 30.7 Å². The van der Waals surface area contributed by atoms with Crippen LogP contribution in [0.25, 0.3) is 0 Å². The van der Waals surface area contributed by atoms with Crippen molar-refractivity contribution in [2.45, 2.75) is 32.6 Å². The van der Waals surface area contributed by atoms with Gasteiger partial charge in [-0.2, -0.15) is 0 Å². The number of nitrogens with zero attached hydrogens (tertiary/aromatic N) is 1. The lowest BCUT2D eigenvalue weighted by Gasteiger charge is -2.22. The summed E-state index contributed by atoms with van der Waals surface area (Å²) in [6.07, 6.45) is 6.15. The number of halogens is 2. The molecule has 0 bridgehead atoms. The van der Waals surface area contributed by atoms with Crippen molar-refractivity contribution in [2.75, 3.05) is 19.6 Å². The third-order valence-corrected chi connectivity index (χ3v) is 4.25. The van der Waals surface area contributed by atoms with Gasteiger partial charge in [0.15, 0.2) is 0 Å². The summed E-state index contributed by atoms with van der Waals surface area (Å²) in [5.41, 5.74) is 0. The highest BCUT2D eigenvalue weighted by molar-refractivity contribution is 7.13. The highest BCUT2D eigenvalue weighted by Crippen LogP contribution is 2.15. The van der Waals surface area contributed by atoms with Gasteiger partial charge in [0.2, 0.25) is 0 Å². The number of aryl methyl sites for hydroxylation is 1. The second kappa shape index (κ2) is 10.4. The Morgan fingerprint density at radius 3 is 3.00 bits per heavy atom. The minimum absolute atomic E-state index is 0. The van der Waals surface area contributed by atoms with Crippen LogP contribution in [0.2, 0.25) is 0 Å². The fraction of sp³-hybridized carbons (Fsp3) is 0.692. The second-order valence-electron chi connectivity index (χ2n) is 4.79. The molecule has 1 saturated heterocycles. The highest BCUT2D eigenvalue weighted by atomic mass is 35.5. The number of hydrogen-bond acceptors (Lipinski definition) is 4. The Hall–Kier alpha value is -0.360. The van der Waals surface area contributed by atoms with Gasteiger partial charge in [-0.15, -0.1) is 36.2 Å². The van der Waals surface area contributed by atoms with Crippen LogP contribution < -0.4 is 10.6 Å². The third-order valence-electron chi connectivity index (χ3n) is 3.19.